The molecule has 1 fully saturated rings. The molecule has 0 bridgehead atoms. The van der Waals surface area contributed by atoms with Gasteiger partial charge in [-0.05, 0) is 32.9 Å². The van der Waals surface area contributed by atoms with E-state index in [4.69, 9.17) is 4.74 Å². The highest BCUT2D eigenvalue weighted by Crippen LogP contribution is 2.32. The first-order valence-corrected chi connectivity index (χ1v) is 7.21. The molecular weight excluding hydrogens is 257 g/mol. The molecule has 1 aliphatic heterocycles. The highest BCUT2D eigenvalue weighted by molar-refractivity contribution is 5.20. The van der Waals surface area contributed by atoms with Crippen molar-refractivity contribution in [2.24, 2.45) is 5.41 Å². The van der Waals surface area contributed by atoms with Crippen molar-refractivity contribution < 1.29 is 14.2 Å². The third-order valence-electron chi connectivity index (χ3n) is 4.34. The molecule has 2 rings (SSSR count). The van der Waals surface area contributed by atoms with Crippen LogP contribution in [0.15, 0.2) is 24.3 Å². The van der Waals surface area contributed by atoms with Crippen molar-refractivity contribution in [1.82, 2.24) is 4.90 Å². The first kappa shape index (κ1) is 15.4. The Balaban J connectivity index is 2.07. The van der Waals surface area contributed by atoms with E-state index in [0.717, 1.165) is 19.4 Å². The van der Waals surface area contributed by atoms with Gasteiger partial charge in [-0.2, -0.15) is 0 Å². The highest BCUT2D eigenvalue weighted by Gasteiger charge is 2.34. The topological polar surface area (TPSA) is 32.7 Å². The van der Waals surface area contributed by atoms with Gasteiger partial charge in [0.2, 0.25) is 0 Å². The van der Waals surface area contributed by atoms with E-state index >= 15 is 0 Å². The van der Waals surface area contributed by atoms with Crippen molar-refractivity contribution in [3.05, 3.63) is 35.6 Å². The first-order chi connectivity index (χ1) is 9.58. The predicted molar refractivity (Wildman–Crippen MR) is 77.0 cm³/mol. The van der Waals surface area contributed by atoms with Gasteiger partial charge in [0.1, 0.15) is 5.82 Å². The number of halogens is 1. The van der Waals surface area contributed by atoms with Gasteiger partial charge < -0.3 is 9.84 Å². The first-order valence-electron chi connectivity index (χ1n) is 7.21. The van der Waals surface area contributed by atoms with Crippen LogP contribution in [0.2, 0.25) is 0 Å². The van der Waals surface area contributed by atoms with Crippen molar-refractivity contribution in [2.75, 3.05) is 33.4 Å². The van der Waals surface area contributed by atoms with E-state index in [1.807, 2.05) is 26.1 Å². The average molecular weight is 281 g/mol. The molecule has 0 aliphatic carbocycles. The van der Waals surface area contributed by atoms with Crippen LogP contribution < -0.4 is 0 Å². The maximum Gasteiger partial charge on any atom is 0.127 e. The molecule has 0 saturated carbocycles. The molecule has 20 heavy (non-hydrogen) atoms. The lowest BCUT2D eigenvalue weighted by Crippen LogP contribution is -2.45. The van der Waals surface area contributed by atoms with Crippen LogP contribution in [0.25, 0.3) is 0 Å². The Hall–Kier alpha value is -0.970. The van der Waals surface area contributed by atoms with Gasteiger partial charge in [-0.3, -0.25) is 4.90 Å². The minimum Gasteiger partial charge on any atom is -0.396 e. The van der Waals surface area contributed by atoms with Gasteiger partial charge in [-0.15, -0.1) is 0 Å². The number of hydrogen-bond donors (Lipinski definition) is 1. The maximum absolute atomic E-state index is 13.9. The monoisotopic (exact) mass is 281 g/mol. The fraction of sp³-hybridized carbons (Fsp3) is 0.625. The third kappa shape index (κ3) is 3.37. The molecule has 1 aromatic rings. The molecule has 1 aliphatic rings. The smallest absolute Gasteiger partial charge is 0.127 e. The van der Waals surface area contributed by atoms with Gasteiger partial charge in [0.15, 0.2) is 0 Å². The van der Waals surface area contributed by atoms with Crippen molar-refractivity contribution in [3.63, 3.8) is 0 Å². The molecule has 1 heterocycles. The number of ether oxygens (including phenoxy) is 1. The summed E-state index contributed by atoms with van der Waals surface area (Å²) in [5, 5.41) is 9.72. The minimum atomic E-state index is -0.216. The van der Waals surface area contributed by atoms with Crippen LogP contribution in [0, 0.1) is 11.2 Å². The van der Waals surface area contributed by atoms with Crippen LogP contribution in [-0.2, 0) is 4.74 Å². The molecule has 0 aromatic heterocycles. The van der Waals surface area contributed by atoms with E-state index in [2.05, 4.69) is 4.90 Å². The van der Waals surface area contributed by atoms with Gasteiger partial charge >= 0.3 is 0 Å². The average Bonchev–Trinajstić information content (AvgIpc) is 2.48. The van der Waals surface area contributed by atoms with Crippen LogP contribution in [-0.4, -0.2) is 43.4 Å². The largest absolute Gasteiger partial charge is 0.396 e. The summed E-state index contributed by atoms with van der Waals surface area (Å²) in [6.07, 6.45) is 1.93. The second-order valence-corrected chi connectivity index (χ2v) is 5.93. The van der Waals surface area contributed by atoms with Gasteiger partial charge in [0.25, 0.3) is 0 Å². The van der Waals surface area contributed by atoms with Gasteiger partial charge in [0.05, 0.1) is 13.2 Å². The Morgan fingerprint density at radius 3 is 2.80 bits per heavy atom. The molecule has 3 nitrogen and oxygen atoms in total. The minimum absolute atomic E-state index is 0.0263. The second kappa shape index (κ2) is 6.66. The van der Waals surface area contributed by atoms with Crippen LogP contribution in [0.4, 0.5) is 4.39 Å². The summed E-state index contributed by atoms with van der Waals surface area (Å²) in [5.74, 6) is -0.176. The zero-order valence-corrected chi connectivity index (χ0v) is 12.3. The Bertz CT molecular complexity index is 432. The third-order valence-corrected chi connectivity index (χ3v) is 4.34. The fourth-order valence-electron chi connectivity index (χ4n) is 2.93. The summed E-state index contributed by atoms with van der Waals surface area (Å²) in [4.78, 5) is 2.10. The van der Waals surface area contributed by atoms with Gasteiger partial charge in [-0.1, -0.05) is 18.2 Å². The van der Waals surface area contributed by atoms with E-state index in [1.165, 1.54) is 6.07 Å². The maximum atomic E-state index is 13.9. The quantitative estimate of drug-likeness (QED) is 0.900. The molecule has 0 radical (unpaired) electrons. The molecule has 1 N–H and O–H groups in total. The van der Waals surface area contributed by atoms with Crippen molar-refractivity contribution in [3.8, 4) is 0 Å². The summed E-state index contributed by atoms with van der Waals surface area (Å²) >= 11 is 0. The number of hydrogen-bond acceptors (Lipinski definition) is 3. The van der Waals surface area contributed by atoms with Crippen LogP contribution in [0.1, 0.15) is 31.4 Å². The van der Waals surface area contributed by atoms with Gasteiger partial charge in [-0.25, -0.2) is 4.39 Å². The van der Waals surface area contributed by atoms with Crippen molar-refractivity contribution in [1.29, 1.82) is 0 Å². The number of aliphatic hydroxyl groups excluding tert-OH is 1. The molecule has 112 valence electrons. The number of benzene rings is 1. The molecule has 2 unspecified atom stereocenters. The van der Waals surface area contributed by atoms with E-state index in [-0.39, 0.29) is 23.9 Å². The zero-order valence-electron chi connectivity index (χ0n) is 12.3. The summed E-state index contributed by atoms with van der Waals surface area (Å²) in [6.45, 7) is 4.17. The Labute approximate surface area is 120 Å². The lowest BCUT2D eigenvalue weighted by atomic mass is 9.82. The van der Waals surface area contributed by atoms with Crippen LogP contribution in [0.3, 0.4) is 0 Å². The summed E-state index contributed by atoms with van der Waals surface area (Å²) in [5.41, 5.74) is 0.479. The predicted octanol–water partition coefficient (Wildman–Crippen LogP) is 2.61. The zero-order chi connectivity index (χ0) is 14.6. The summed E-state index contributed by atoms with van der Waals surface area (Å²) in [7, 11) is 1.98. The van der Waals surface area contributed by atoms with Crippen molar-refractivity contribution in [2.45, 2.75) is 25.8 Å². The number of nitrogens with zero attached hydrogens (tertiary/aromatic N) is 1. The lowest BCUT2D eigenvalue weighted by molar-refractivity contribution is -0.0565. The highest BCUT2D eigenvalue weighted by atomic mass is 19.1. The number of rotatable bonds is 5. The molecule has 4 heteroatoms. The lowest BCUT2D eigenvalue weighted by Gasteiger charge is -2.40. The van der Waals surface area contributed by atoms with E-state index in [1.54, 1.807) is 6.07 Å². The Kier molecular flexibility index (Phi) is 5.13. The van der Waals surface area contributed by atoms with Crippen molar-refractivity contribution >= 4 is 0 Å². The van der Waals surface area contributed by atoms with E-state index < -0.39 is 0 Å². The molecule has 1 aromatic carbocycles. The fourth-order valence-corrected chi connectivity index (χ4v) is 2.93. The standard InChI is InChI=1S/C16H24FNO2/c1-13(14-6-3-4-7-15(14)17)18(2)10-16(11-19)8-5-9-20-12-16/h3-4,6-7,13,19H,5,8-12H2,1-2H3. The second-order valence-electron chi connectivity index (χ2n) is 5.93. The normalized spacial score (nSPS) is 24.9. The van der Waals surface area contributed by atoms with Gasteiger partial charge in [0, 0.05) is 30.2 Å². The Morgan fingerprint density at radius 1 is 1.45 bits per heavy atom. The molecular formula is C16H24FNO2. The van der Waals surface area contributed by atoms with E-state index in [0.29, 0.717) is 18.7 Å². The molecule has 0 amide bonds. The summed E-state index contributed by atoms with van der Waals surface area (Å²) < 4.78 is 19.4. The van der Waals surface area contributed by atoms with E-state index in [9.17, 15) is 9.50 Å². The molecule has 2 atom stereocenters. The van der Waals surface area contributed by atoms with Crippen LogP contribution in [0.5, 0.6) is 0 Å². The molecule has 1 saturated heterocycles. The molecule has 0 spiro atoms. The summed E-state index contributed by atoms with van der Waals surface area (Å²) in [6, 6.07) is 6.84. The number of aliphatic hydroxyl groups is 1. The van der Waals surface area contributed by atoms with Crippen LogP contribution >= 0.6 is 0 Å². The Morgan fingerprint density at radius 2 is 2.20 bits per heavy atom. The SMILES string of the molecule is CC(c1ccccc1F)N(C)CC1(CO)CCCOC1.